The van der Waals surface area contributed by atoms with Gasteiger partial charge in [0.05, 0.1) is 7.11 Å². The van der Waals surface area contributed by atoms with Gasteiger partial charge < -0.3 is 14.8 Å². The minimum atomic E-state index is 0.0599. The van der Waals surface area contributed by atoms with E-state index >= 15 is 0 Å². The molecule has 1 N–H and O–H groups in total. The molecule has 0 amide bonds. The highest BCUT2D eigenvalue weighted by atomic mass is 79.9. The van der Waals surface area contributed by atoms with Crippen LogP contribution in [0.15, 0.2) is 46.9 Å². The first-order valence-electron chi connectivity index (χ1n) is 7.67. The molecule has 0 radical (unpaired) electrons. The van der Waals surface area contributed by atoms with Crippen molar-refractivity contribution >= 4 is 15.9 Å². The minimum Gasteiger partial charge on any atom is -0.493 e. The highest BCUT2D eigenvalue weighted by molar-refractivity contribution is 9.10. The second-order valence-electron chi connectivity index (χ2n) is 6.47. The molecule has 0 fully saturated rings. The molecule has 0 aliphatic heterocycles. The molecule has 3 nitrogen and oxygen atoms in total. The number of hydrogen-bond acceptors (Lipinski definition) is 3. The summed E-state index contributed by atoms with van der Waals surface area (Å²) < 4.78 is 12.4. The third-order valence-electron chi connectivity index (χ3n) is 3.38. The van der Waals surface area contributed by atoms with Crippen molar-refractivity contribution in [3.63, 3.8) is 0 Å². The molecule has 4 heteroatoms. The van der Waals surface area contributed by atoms with Crippen LogP contribution in [0.2, 0.25) is 0 Å². The van der Waals surface area contributed by atoms with Crippen molar-refractivity contribution in [2.75, 3.05) is 7.11 Å². The molecule has 0 unspecified atom stereocenters. The van der Waals surface area contributed by atoms with E-state index in [2.05, 4.69) is 42.0 Å². The Morgan fingerprint density at radius 2 is 1.74 bits per heavy atom. The van der Waals surface area contributed by atoms with Crippen molar-refractivity contribution in [2.24, 2.45) is 0 Å². The van der Waals surface area contributed by atoms with Gasteiger partial charge >= 0.3 is 0 Å². The van der Waals surface area contributed by atoms with E-state index in [-0.39, 0.29) is 5.54 Å². The van der Waals surface area contributed by atoms with Crippen LogP contribution in [0.25, 0.3) is 0 Å². The molecule has 2 rings (SSSR count). The zero-order valence-electron chi connectivity index (χ0n) is 14.2. The fourth-order valence-corrected chi connectivity index (χ4v) is 2.54. The van der Waals surface area contributed by atoms with Crippen LogP contribution in [0.4, 0.5) is 0 Å². The number of halogens is 1. The predicted molar refractivity (Wildman–Crippen MR) is 98.1 cm³/mol. The van der Waals surface area contributed by atoms with Gasteiger partial charge in [0, 0.05) is 16.6 Å². The number of nitrogens with one attached hydrogen (secondary N) is 1. The van der Waals surface area contributed by atoms with E-state index < -0.39 is 0 Å². The average Bonchev–Trinajstić information content (AvgIpc) is 2.52. The van der Waals surface area contributed by atoms with Gasteiger partial charge in [-0.15, -0.1) is 0 Å². The summed E-state index contributed by atoms with van der Waals surface area (Å²) in [5.74, 6) is 1.48. The van der Waals surface area contributed by atoms with Gasteiger partial charge in [0.15, 0.2) is 11.5 Å². The molecule has 0 atom stereocenters. The second kappa shape index (κ2) is 7.84. The zero-order valence-corrected chi connectivity index (χ0v) is 15.7. The van der Waals surface area contributed by atoms with Crippen LogP contribution in [0.5, 0.6) is 11.5 Å². The Bertz CT molecular complexity index is 636. The van der Waals surface area contributed by atoms with Gasteiger partial charge in [-0.2, -0.15) is 0 Å². The van der Waals surface area contributed by atoms with Gasteiger partial charge in [0.2, 0.25) is 0 Å². The standard InChI is InChI=1S/C19H24BrNO2/c1-19(2,3)21-12-15-10-18(17(22-4)11-16(15)20)23-13-14-8-6-5-7-9-14/h5-11,21H,12-13H2,1-4H3. The largest absolute Gasteiger partial charge is 0.493 e. The molecule has 0 saturated heterocycles. The van der Waals surface area contributed by atoms with Crippen LogP contribution in [0.3, 0.4) is 0 Å². The molecule has 0 saturated carbocycles. The van der Waals surface area contributed by atoms with E-state index in [1.807, 2.05) is 42.5 Å². The molecular weight excluding hydrogens is 354 g/mol. The molecule has 0 aliphatic rings. The second-order valence-corrected chi connectivity index (χ2v) is 7.33. The van der Waals surface area contributed by atoms with E-state index in [1.54, 1.807) is 7.11 Å². The van der Waals surface area contributed by atoms with Crippen LogP contribution >= 0.6 is 15.9 Å². The lowest BCUT2D eigenvalue weighted by atomic mass is 10.1. The van der Waals surface area contributed by atoms with E-state index in [9.17, 15) is 0 Å². The number of hydrogen-bond donors (Lipinski definition) is 1. The third-order valence-corrected chi connectivity index (χ3v) is 4.12. The minimum absolute atomic E-state index is 0.0599. The van der Waals surface area contributed by atoms with Crippen LogP contribution in [-0.2, 0) is 13.2 Å². The Kier molecular flexibility index (Phi) is 6.08. The van der Waals surface area contributed by atoms with E-state index in [0.717, 1.165) is 33.6 Å². The normalized spacial score (nSPS) is 11.3. The third kappa shape index (κ3) is 5.56. The lowest BCUT2D eigenvalue weighted by Gasteiger charge is -2.22. The van der Waals surface area contributed by atoms with Crippen LogP contribution in [0, 0.1) is 0 Å². The summed E-state index contributed by atoms with van der Waals surface area (Å²) in [4.78, 5) is 0. The van der Waals surface area contributed by atoms with Crippen LogP contribution in [0.1, 0.15) is 31.9 Å². The predicted octanol–water partition coefficient (Wildman–Crippen LogP) is 4.92. The van der Waals surface area contributed by atoms with Crippen molar-refractivity contribution in [1.29, 1.82) is 0 Å². The average molecular weight is 378 g/mol. The van der Waals surface area contributed by atoms with Gasteiger partial charge in [-0.25, -0.2) is 0 Å². The van der Waals surface area contributed by atoms with Crippen molar-refractivity contribution in [2.45, 2.75) is 39.5 Å². The molecule has 0 aromatic heterocycles. The zero-order chi connectivity index (χ0) is 16.9. The molecule has 0 heterocycles. The monoisotopic (exact) mass is 377 g/mol. The summed E-state index contributed by atoms with van der Waals surface area (Å²) in [7, 11) is 1.66. The summed E-state index contributed by atoms with van der Waals surface area (Å²) in [6.45, 7) is 7.73. The Morgan fingerprint density at radius 1 is 1.04 bits per heavy atom. The Hall–Kier alpha value is -1.52. The van der Waals surface area contributed by atoms with Gasteiger partial charge in [0.1, 0.15) is 6.61 Å². The molecule has 124 valence electrons. The van der Waals surface area contributed by atoms with Gasteiger partial charge in [0.25, 0.3) is 0 Å². The molecule has 0 aliphatic carbocycles. The first-order valence-corrected chi connectivity index (χ1v) is 8.46. The van der Waals surface area contributed by atoms with Crippen LogP contribution < -0.4 is 14.8 Å². The molecule has 0 spiro atoms. The number of ether oxygens (including phenoxy) is 2. The fourth-order valence-electron chi connectivity index (χ4n) is 2.08. The summed E-state index contributed by atoms with van der Waals surface area (Å²) in [6, 6.07) is 14.1. The van der Waals surface area contributed by atoms with Gasteiger partial charge in [-0.3, -0.25) is 0 Å². The van der Waals surface area contributed by atoms with Crippen molar-refractivity contribution in [3.8, 4) is 11.5 Å². The van der Waals surface area contributed by atoms with E-state index in [0.29, 0.717) is 6.61 Å². The smallest absolute Gasteiger partial charge is 0.162 e. The van der Waals surface area contributed by atoms with Crippen molar-refractivity contribution < 1.29 is 9.47 Å². The van der Waals surface area contributed by atoms with E-state index in [4.69, 9.17) is 9.47 Å². The number of rotatable bonds is 6. The van der Waals surface area contributed by atoms with E-state index in [1.165, 1.54) is 0 Å². The fraction of sp³-hybridized carbons (Fsp3) is 0.368. The molecule has 2 aromatic carbocycles. The van der Waals surface area contributed by atoms with Crippen LogP contribution in [-0.4, -0.2) is 12.6 Å². The highest BCUT2D eigenvalue weighted by Crippen LogP contribution is 2.34. The summed E-state index contributed by atoms with van der Waals surface area (Å²) in [6.07, 6.45) is 0. The quantitative estimate of drug-likeness (QED) is 0.774. The van der Waals surface area contributed by atoms with Crippen molar-refractivity contribution in [3.05, 3.63) is 58.1 Å². The van der Waals surface area contributed by atoms with Gasteiger partial charge in [-0.05, 0) is 44.0 Å². The summed E-state index contributed by atoms with van der Waals surface area (Å²) >= 11 is 3.61. The maximum absolute atomic E-state index is 5.97. The maximum atomic E-state index is 5.97. The lowest BCUT2D eigenvalue weighted by molar-refractivity contribution is 0.283. The first-order chi connectivity index (χ1) is 10.9. The molecule has 2 aromatic rings. The Balaban J connectivity index is 2.16. The summed E-state index contributed by atoms with van der Waals surface area (Å²) in [5, 5.41) is 3.49. The molecule has 23 heavy (non-hydrogen) atoms. The topological polar surface area (TPSA) is 30.5 Å². The lowest BCUT2D eigenvalue weighted by Crippen LogP contribution is -2.35. The molecule has 0 bridgehead atoms. The SMILES string of the molecule is COc1cc(Br)c(CNC(C)(C)C)cc1OCc1ccccc1. The maximum Gasteiger partial charge on any atom is 0.162 e. The number of methoxy groups -OCH3 is 1. The highest BCUT2D eigenvalue weighted by Gasteiger charge is 2.14. The molecular formula is C19H24BrNO2. The first kappa shape index (κ1) is 17.8. The van der Waals surface area contributed by atoms with Crippen molar-refractivity contribution in [1.82, 2.24) is 5.32 Å². The number of benzene rings is 2. The Labute approximate surface area is 147 Å². The Morgan fingerprint density at radius 3 is 2.35 bits per heavy atom. The summed E-state index contributed by atoms with van der Waals surface area (Å²) in [5.41, 5.74) is 2.33. The van der Waals surface area contributed by atoms with Gasteiger partial charge in [-0.1, -0.05) is 46.3 Å².